The van der Waals surface area contributed by atoms with Gasteiger partial charge in [0.15, 0.2) is 5.82 Å². The maximum absolute atomic E-state index is 13.1. The van der Waals surface area contributed by atoms with Crippen LogP contribution in [-0.4, -0.2) is 52.9 Å². The number of carbonyl (C=O) groups is 1. The number of nitrogens with zero attached hydrogens (tertiary/aromatic N) is 3. The lowest BCUT2D eigenvalue weighted by atomic mass is 10.1. The largest absolute Gasteiger partial charge is 0.491 e. The Morgan fingerprint density at radius 2 is 1.94 bits per heavy atom. The molecule has 0 saturated carbocycles. The first-order valence-electron chi connectivity index (χ1n) is 10.3. The smallest absolute Gasteiger partial charge is 0.254 e. The Labute approximate surface area is 180 Å². The molecule has 4 rings (SSSR count). The average molecular weight is 424 g/mol. The number of methoxy groups -OCH3 is 1. The van der Waals surface area contributed by atoms with Crippen molar-refractivity contribution in [2.75, 3.05) is 26.9 Å². The zero-order chi connectivity index (χ0) is 21.6. The van der Waals surface area contributed by atoms with E-state index < -0.39 is 0 Å². The fraction of sp³-hybridized carbons (Fsp3) is 0.348. The Kier molecular flexibility index (Phi) is 6.57. The van der Waals surface area contributed by atoms with Crippen LogP contribution < -0.4 is 4.74 Å². The Bertz CT molecular complexity index is 1000. The van der Waals surface area contributed by atoms with Crippen molar-refractivity contribution < 1.29 is 18.7 Å². The predicted octanol–water partition coefficient (Wildman–Crippen LogP) is 3.54. The van der Waals surface area contributed by atoms with Crippen LogP contribution in [0.5, 0.6) is 5.75 Å². The number of aromatic amines is 1. The quantitative estimate of drug-likeness (QED) is 0.560. The summed E-state index contributed by atoms with van der Waals surface area (Å²) < 4.78 is 23.6. The SMILES string of the molecule is COCCOc1ccc(C(=O)N2CCC[C@@H]2c2n[nH]c(Cc3ccc(F)cc3)n2)cc1. The molecule has 1 fully saturated rings. The number of aromatic nitrogens is 3. The first-order chi connectivity index (χ1) is 15.1. The minimum absolute atomic E-state index is 0.0455. The van der Waals surface area contributed by atoms with Crippen LogP contribution in [0.25, 0.3) is 0 Å². The number of hydrogen-bond acceptors (Lipinski definition) is 5. The lowest BCUT2D eigenvalue weighted by molar-refractivity contribution is 0.0730. The molecular weight excluding hydrogens is 399 g/mol. The molecule has 1 aliphatic rings. The molecule has 2 heterocycles. The lowest BCUT2D eigenvalue weighted by Gasteiger charge is -2.22. The molecule has 1 amide bonds. The van der Waals surface area contributed by atoms with Crippen molar-refractivity contribution in [3.8, 4) is 5.75 Å². The van der Waals surface area contributed by atoms with E-state index in [1.54, 1.807) is 43.5 Å². The molecule has 0 unspecified atom stereocenters. The fourth-order valence-electron chi connectivity index (χ4n) is 3.71. The van der Waals surface area contributed by atoms with E-state index in [0.717, 1.165) is 18.4 Å². The van der Waals surface area contributed by atoms with Crippen LogP contribution in [-0.2, 0) is 11.2 Å². The standard InChI is InChI=1S/C23H25FN4O3/c1-30-13-14-31-19-10-6-17(7-11-19)23(29)28-12-2-3-20(28)22-25-21(26-27-22)15-16-4-8-18(24)9-5-16/h4-11,20H,2-3,12-15H2,1H3,(H,25,26,27)/t20-/m1/s1. The van der Waals surface area contributed by atoms with Gasteiger partial charge in [-0.2, -0.15) is 5.10 Å². The van der Waals surface area contributed by atoms with Gasteiger partial charge in [0.2, 0.25) is 0 Å². The van der Waals surface area contributed by atoms with E-state index in [-0.39, 0.29) is 17.8 Å². The van der Waals surface area contributed by atoms with Crippen molar-refractivity contribution in [2.24, 2.45) is 0 Å². The van der Waals surface area contributed by atoms with Crippen molar-refractivity contribution in [3.05, 3.63) is 77.1 Å². The molecule has 162 valence electrons. The van der Waals surface area contributed by atoms with Crippen molar-refractivity contribution in [1.82, 2.24) is 20.1 Å². The second-order valence-electron chi connectivity index (χ2n) is 7.47. The summed E-state index contributed by atoms with van der Waals surface area (Å²) in [5.41, 5.74) is 1.55. The molecule has 1 aliphatic heterocycles. The van der Waals surface area contributed by atoms with Gasteiger partial charge in [-0.15, -0.1) is 0 Å². The van der Waals surface area contributed by atoms with Crippen molar-refractivity contribution in [3.63, 3.8) is 0 Å². The van der Waals surface area contributed by atoms with Gasteiger partial charge in [0.1, 0.15) is 24.0 Å². The summed E-state index contributed by atoms with van der Waals surface area (Å²) in [5.74, 6) is 1.69. The summed E-state index contributed by atoms with van der Waals surface area (Å²) in [7, 11) is 1.62. The van der Waals surface area contributed by atoms with E-state index in [1.807, 2.05) is 4.90 Å². The number of amides is 1. The van der Waals surface area contributed by atoms with Crippen LogP contribution in [0, 0.1) is 5.82 Å². The van der Waals surface area contributed by atoms with Gasteiger partial charge in [-0.1, -0.05) is 12.1 Å². The molecule has 0 bridgehead atoms. The van der Waals surface area contributed by atoms with Gasteiger partial charge in [-0.05, 0) is 54.8 Å². The molecule has 7 nitrogen and oxygen atoms in total. The molecule has 31 heavy (non-hydrogen) atoms. The van der Waals surface area contributed by atoms with Crippen LogP contribution in [0.3, 0.4) is 0 Å². The minimum atomic E-state index is -0.267. The maximum Gasteiger partial charge on any atom is 0.254 e. The maximum atomic E-state index is 13.1. The Morgan fingerprint density at radius 3 is 2.68 bits per heavy atom. The van der Waals surface area contributed by atoms with Crippen molar-refractivity contribution >= 4 is 5.91 Å². The van der Waals surface area contributed by atoms with E-state index in [9.17, 15) is 9.18 Å². The van der Waals surface area contributed by atoms with E-state index >= 15 is 0 Å². The van der Waals surface area contributed by atoms with Crippen LogP contribution in [0.15, 0.2) is 48.5 Å². The van der Waals surface area contributed by atoms with Gasteiger partial charge in [0.25, 0.3) is 5.91 Å². The zero-order valence-electron chi connectivity index (χ0n) is 17.4. The lowest BCUT2D eigenvalue weighted by Crippen LogP contribution is -2.31. The molecule has 2 aromatic carbocycles. The molecule has 0 radical (unpaired) electrons. The third-order valence-corrected chi connectivity index (χ3v) is 5.30. The molecule has 8 heteroatoms. The van der Waals surface area contributed by atoms with Crippen LogP contribution in [0.1, 0.15) is 46.5 Å². The Balaban J connectivity index is 1.42. The second kappa shape index (κ2) is 9.70. The first-order valence-corrected chi connectivity index (χ1v) is 10.3. The molecule has 1 atom stereocenters. The highest BCUT2D eigenvalue weighted by atomic mass is 19.1. The number of H-pyrrole nitrogens is 1. The number of ether oxygens (including phenoxy) is 2. The van der Waals surface area contributed by atoms with Gasteiger partial charge >= 0.3 is 0 Å². The predicted molar refractivity (Wildman–Crippen MR) is 112 cm³/mol. The number of hydrogen-bond donors (Lipinski definition) is 1. The third kappa shape index (κ3) is 5.08. The van der Waals surface area contributed by atoms with E-state index in [0.29, 0.717) is 49.1 Å². The number of carbonyl (C=O) groups excluding carboxylic acids is 1. The summed E-state index contributed by atoms with van der Waals surface area (Å²) in [6.45, 7) is 1.64. The monoisotopic (exact) mass is 424 g/mol. The molecular formula is C23H25FN4O3. The topological polar surface area (TPSA) is 80.3 Å². The van der Waals surface area contributed by atoms with Crippen LogP contribution in [0.4, 0.5) is 4.39 Å². The average Bonchev–Trinajstić information content (AvgIpc) is 3.45. The van der Waals surface area contributed by atoms with Crippen molar-refractivity contribution in [2.45, 2.75) is 25.3 Å². The van der Waals surface area contributed by atoms with Gasteiger partial charge in [0, 0.05) is 25.6 Å². The highest BCUT2D eigenvalue weighted by Crippen LogP contribution is 2.31. The number of rotatable bonds is 8. The normalized spacial score (nSPS) is 15.9. The molecule has 1 N–H and O–H groups in total. The minimum Gasteiger partial charge on any atom is -0.491 e. The molecule has 0 spiro atoms. The number of nitrogens with one attached hydrogen (secondary N) is 1. The number of likely N-dealkylation sites (tertiary alicyclic amines) is 1. The molecule has 1 aromatic heterocycles. The van der Waals surface area contributed by atoms with Crippen molar-refractivity contribution in [1.29, 1.82) is 0 Å². The van der Waals surface area contributed by atoms with E-state index in [4.69, 9.17) is 9.47 Å². The van der Waals surface area contributed by atoms with Gasteiger partial charge in [-0.25, -0.2) is 9.37 Å². The summed E-state index contributed by atoms with van der Waals surface area (Å²) in [5, 5.41) is 7.32. The van der Waals surface area contributed by atoms with E-state index in [1.165, 1.54) is 12.1 Å². The Hall–Kier alpha value is -3.26. The first kappa shape index (κ1) is 21.0. The van der Waals surface area contributed by atoms with Crippen LogP contribution in [0.2, 0.25) is 0 Å². The highest BCUT2D eigenvalue weighted by Gasteiger charge is 2.33. The molecule has 0 aliphatic carbocycles. The zero-order valence-corrected chi connectivity index (χ0v) is 17.4. The summed E-state index contributed by atoms with van der Waals surface area (Å²) in [4.78, 5) is 19.5. The molecule has 3 aromatic rings. The molecule has 1 saturated heterocycles. The summed E-state index contributed by atoms with van der Waals surface area (Å²) >= 11 is 0. The number of benzene rings is 2. The van der Waals surface area contributed by atoms with E-state index in [2.05, 4.69) is 15.2 Å². The van der Waals surface area contributed by atoms with Crippen LogP contribution >= 0.6 is 0 Å². The number of halogens is 1. The summed E-state index contributed by atoms with van der Waals surface area (Å²) in [6.07, 6.45) is 2.24. The van der Waals surface area contributed by atoms with Gasteiger partial charge < -0.3 is 14.4 Å². The summed E-state index contributed by atoms with van der Waals surface area (Å²) in [6, 6.07) is 13.3. The Morgan fingerprint density at radius 1 is 1.16 bits per heavy atom. The second-order valence-corrected chi connectivity index (χ2v) is 7.47. The third-order valence-electron chi connectivity index (χ3n) is 5.30. The fourth-order valence-corrected chi connectivity index (χ4v) is 3.71. The van der Waals surface area contributed by atoms with Gasteiger partial charge in [-0.3, -0.25) is 9.89 Å². The highest BCUT2D eigenvalue weighted by molar-refractivity contribution is 5.94. The van der Waals surface area contributed by atoms with Gasteiger partial charge in [0.05, 0.1) is 12.6 Å².